The van der Waals surface area contributed by atoms with Crippen molar-refractivity contribution < 1.29 is 9.18 Å². The first-order valence-corrected chi connectivity index (χ1v) is 6.73. The Morgan fingerprint density at radius 2 is 2.17 bits per heavy atom. The fourth-order valence-electron chi connectivity index (χ4n) is 2.04. The molecule has 98 valence electrons. The number of amides is 1. The first-order chi connectivity index (χ1) is 8.49. The second-order valence-electron chi connectivity index (χ2n) is 4.71. The molecular weight excluding hydrogens is 299 g/mol. The molecule has 1 heterocycles. The highest BCUT2D eigenvalue weighted by molar-refractivity contribution is 9.10. The molecule has 3 nitrogen and oxygen atoms in total. The Morgan fingerprint density at radius 3 is 2.78 bits per heavy atom. The van der Waals surface area contributed by atoms with E-state index in [9.17, 15) is 9.18 Å². The lowest BCUT2D eigenvalue weighted by molar-refractivity contribution is 0.0572. The molecule has 0 radical (unpaired) electrons. The van der Waals surface area contributed by atoms with Crippen molar-refractivity contribution in [2.75, 3.05) is 26.7 Å². The highest BCUT2D eigenvalue weighted by atomic mass is 79.9. The predicted octanol–water partition coefficient (Wildman–Crippen LogP) is 2.36. The van der Waals surface area contributed by atoms with E-state index in [1.807, 2.05) is 4.90 Å². The van der Waals surface area contributed by atoms with Gasteiger partial charge in [0.05, 0.1) is 4.47 Å². The lowest BCUT2D eigenvalue weighted by atomic mass is 10.1. The van der Waals surface area contributed by atoms with E-state index in [4.69, 9.17) is 0 Å². The van der Waals surface area contributed by atoms with Gasteiger partial charge in [0.1, 0.15) is 5.82 Å². The summed E-state index contributed by atoms with van der Waals surface area (Å²) in [6.45, 7) is 4.40. The van der Waals surface area contributed by atoms with E-state index in [-0.39, 0.29) is 11.7 Å². The van der Waals surface area contributed by atoms with Crippen LogP contribution in [-0.4, -0.2) is 48.4 Å². The van der Waals surface area contributed by atoms with Crippen molar-refractivity contribution in [3.8, 4) is 0 Å². The summed E-state index contributed by atoms with van der Waals surface area (Å²) in [5.41, 5.74) is 0.528. The van der Waals surface area contributed by atoms with Crippen LogP contribution in [0.5, 0.6) is 0 Å². The van der Waals surface area contributed by atoms with Gasteiger partial charge in [0.2, 0.25) is 0 Å². The number of benzene rings is 1. The number of piperazine rings is 1. The van der Waals surface area contributed by atoms with Crippen LogP contribution >= 0.6 is 15.9 Å². The maximum Gasteiger partial charge on any atom is 0.253 e. The highest BCUT2D eigenvalue weighted by Gasteiger charge is 2.25. The third kappa shape index (κ3) is 2.72. The fourth-order valence-corrected chi connectivity index (χ4v) is 2.42. The molecule has 18 heavy (non-hydrogen) atoms. The monoisotopic (exact) mass is 314 g/mol. The van der Waals surface area contributed by atoms with Crippen molar-refractivity contribution in [3.05, 3.63) is 34.1 Å². The highest BCUT2D eigenvalue weighted by Crippen LogP contribution is 2.19. The van der Waals surface area contributed by atoms with Crippen LogP contribution in [0.25, 0.3) is 0 Å². The zero-order chi connectivity index (χ0) is 13.3. The average molecular weight is 315 g/mol. The van der Waals surface area contributed by atoms with Crippen molar-refractivity contribution in [1.82, 2.24) is 9.80 Å². The van der Waals surface area contributed by atoms with Gasteiger partial charge in [-0.25, -0.2) is 4.39 Å². The molecule has 0 bridgehead atoms. The molecular formula is C13H16BrFN2O. The van der Waals surface area contributed by atoms with Crippen molar-refractivity contribution in [1.29, 1.82) is 0 Å². The standard InChI is InChI=1S/C13H16BrFN2O/c1-9-8-17(6-5-16(9)2)13(18)10-3-4-12(15)11(14)7-10/h3-4,7,9H,5-6,8H2,1-2H3. The Bertz CT molecular complexity index is 466. The Morgan fingerprint density at radius 1 is 1.44 bits per heavy atom. The minimum atomic E-state index is -0.349. The van der Waals surface area contributed by atoms with Crippen LogP contribution in [0.4, 0.5) is 4.39 Å². The van der Waals surface area contributed by atoms with Crippen LogP contribution in [-0.2, 0) is 0 Å². The smallest absolute Gasteiger partial charge is 0.253 e. The van der Waals surface area contributed by atoms with E-state index in [1.165, 1.54) is 12.1 Å². The molecule has 1 aliphatic rings. The number of carbonyl (C=O) groups excluding carboxylic acids is 1. The molecule has 0 aromatic heterocycles. The molecule has 1 unspecified atom stereocenters. The number of rotatable bonds is 1. The summed E-state index contributed by atoms with van der Waals surface area (Å²) in [4.78, 5) is 16.3. The van der Waals surface area contributed by atoms with Gasteiger partial charge in [0, 0.05) is 31.2 Å². The summed E-state index contributed by atoms with van der Waals surface area (Å²) in [6.07, 6.45) is 0. The lowest BCUT2D eigenvalue weighted by Gasteiger charge is -2.37. The van der Waals surface area contributed by atoms with Gasteiger partial charge >= 0.3 is 0 Å². The maximum absolute atomic E-state index is 13.1. The number of halogens is 2. The molecule has 0 spiro atoms. The third-order valence-electron chi connectivity index (χ3n) is 3.41. The Labute approximate surface area is 115 Å². The zero-order valence-electron chi connectivity index (χ0n) is 10.5. The SMILES string of the molecule is CC1CN(C(=O)c2ccc(F)c(Br)c2)CCN1C. The van der Waals surface area contributed by atoms with E-state index in [2.05, 4.69) is 34.8 Å². The van der Waals surface area contributed by atoms with Gasteiger partial charge in [0.25, 0.3) is 5.91 Å². The van der Waals surface area contributed by atoms with Gasteiger partial charge in [-0.05, 0) is 48.1 Å². The average Bonchev–Trinajstić information content (AvgIpc) is 2.35. The summed E-state index contributed by atoms with van der Waals surface area (Å²) in [7, 11) is 2.06. The molecule has 1 aliphatic heterocycles. The molecule has 1 atom stereocenters. The zero-order valence-corrected chi connectivity index (χ0v) is 12.1. The summed E-state index contributed by atoms with van der Waals surface area (Å²) in [6, 6.07) is 4.75. The van der Waals surface area contributed by atoms with Crippen molar-refractivity contribution in [2.45, 2.75) is 13.0 Å². The van der Waals surface area contributed by atoms with Crippen molar-refractivity contribution in [3.63, 3.8) is 0 Å². The first kappa shape index (κ1) is 13.5. The molecule has 2 rings (SSSR count). The number of hydrogen-bond acceptors (Lipinski definition) is 2. The van der Waals surface area contributed by atoms with Gasteiger partial charge in [0.15, 0.2) is 0 Å². The Hall–Kier alpha value is -0.940. The van der Waals surface area contributed by atoms with Gasteiger partial charge in [-0.2, -0.15) is 0 Å². The van der Waals surface area contributed by atoms with Gasteiger partial charge in [-0.1, -0.05) is 0 Å². The number of likely N-dealkylation sites (N-methyl/N-ethyl adjacent to an activating group) is 1. The quantitative estimate of drug-likeness (QED) is 0.794. The van der Waals surface area contributed by atoms with E-state index in [0.29, 0.717) is 29.2 Å². The second kappa shape index (κ2) is 5.36. The number of carbonyl (C=O) groups is 1. The van der Waals surface area contributed by atoms with Crippen molar-refractivity contribution in [2.24, 2.45) is 0 Å². The molecule has 1 saturated heterocycles. The molecule has 1 amide bonds. The largest absolute Gasteiger partial charge is 0.336 e. The normalized spacial score (nSPS) is 21.1. The van der Waals surface area contributed by atoms with E-state index in [0.717, 1.165) is 6.54 Å². The van der Waals surface area contributed by atoms with Crippen LogP contribution in [0.3, 0.4) is 0 Å². The molecule has 0 N–H and O–H groups in total. The van der Waals surface area contributed by atoms with E-state index in [1.54, 1.807) is 6.07 Å². The van der Waals surface area contributed by atoms with Gasteiger partial charge < -0.3 is 9.80 Å². The van der Waals surface area contributed by atoms with Gasteiger partial charge in [-0.15, -0.1) is 0 Å². The molecule has 1 aromatic rings. The summed E-state index contributed by atoms with van der Waals surface area (Å²) >= 11 is 3.11. The first-order valence-electron chi connectivity index (χ1n) is 5.93. The Kier molecular flexibility index (Phi) is 4.02. The van der Waals surface area contributed by atoms with Crippen LogP contribution in [0.1, 0.15) is 17.3 Å². The molecule has 1 fully saturated rings. The fraction of sp³-hybridized carbons (Fsp3) is 0.462. The number of nitrogens with zero attached hydrogens (tertiary/aromatic N) is 2. The molecule has 5 heteroatoms. The molecule has 0 aliphatic carbocycles. The van der Waals surface area contributed by atoms with Crippen LogP contribution in [0, 0.1) is 5.82 Å². The Balaban J connectivity index is 2.14. The summed E-state index contributed by atoms with van der Waals surface area (Å²) < 4.78 is 13.5. The van der Waals surface area contributed by atoms with Crippen molar-refractivity contribution >= 4 is 21.8 Å². The predicted molar refractivity (Wildman–Crippen MR) is 72.1 cm³/mol. The maximum atomic E-state index is 13.1. The number of hydrogen-bond donors (Lipinski definition) is 0. The third-order valence-corrected chi connectivity index (χ3v) is 4.02. The lowest BCUT2D eigenvalue weighted by Crippen LogP contribution is -2.52. The topological polar surface area (TPSA) is 23.6 Å². The van der Waals surface area contributed by atoms with E-state index >= 15 is 0 Å². The second-order valence-corrected chi connectivity index (χ2v) is 5.56. The van der Waals surface area contributed by atoms with Crippen LogP contribution < -0.4 is 0 Å². The summed E-state index contributed by atoms with van der Waals surface area (Å²) in [5, 5.41) is 0. The molecule has 0 saturated carbocycles. The minimum absolute atomic E-state index is 0.0318. The summed E-state index contributed by atoms with van der Waals surface area (Å²) in [5.74, 6) is -0.381. The van der Waals surface area contributed by atoms with Gasteiger partial charge in [-0.3, -0.25) is 4.79 Å². The van der Waals surface area contributed by atoms with Crippen LogP contribution in [0.15, 0.2) is 22.7 Å². The molecule has 1 aromatic carbocycles. The van der Waals surface area contributed by atoms with E-state index < -0.39 is 0 Å². The minimum Gasteiger partial charge on any atom is -0.336 e. The van der Waals surface area contributed by atoms with Crippen LogP contribution in [0.2, 0.25) is 0 Å².